The Kier molecular flexibility index (Phi) is 3.80. The van der Waals surface area contributed by atoms with Crippen molar-refractivity contribution in [2.24, 2.45) is 0 Å². The van der Waals surface area contributed by atoms with Crippen molar-refractivity contribution >= 4 is 17.5 Å². The Morgan fingerprint density at radius 3 is 3.00 bits per heavy atom. The molecule has 2 rings (SSSR count). The predicted octanol–water partition coefficient (Wildman–Crippen LogP) is 1.66. The van der Waals surface area contributed by atoms with E-state index in [4.69, 9.17) is 11.6 Å². The summed E-state index contributed by atoms with van der Waals surface area (Å²) in [5.41, 5.74) is 1.01. The van der Waals surface area contributed by atoms with Crippen molar-refractivity contribution in [3.8, 4) is 0 Å². The van der Waals surface area contributed by atoms with E-state index in [-0.39, 0.29) is 5.91 Å². The third-order valence-electron chi connectivity index (χ3n) is 2.73. The molecule has 1 fully saturated rings. The Morgan fingerprint density at radius 2 is 2.19 bits per heavy atom. The van der Waals surface area contributed by atoms with Crippen LogP contribution in [0.2, 0.25) is 5.02 Å². The molecule has 4 heteroatoms. The summed E-state index contributed by atoms with van der Waals surface area (Å²) in [7, 11) is 0. The zero-order valence-corrected chi connectivity index (χ0v) is 9.83. The second-order valence-corrected chi connectivity index (χ2v) is 4.34. The smallest absolute Gasteiger partial charge is 0.236 e. The highest BCUT2D eigenvalue weighted by Crippen LogP contribution is 2.17. The van der Waals surface area contributed by atoms with Gasteiger partial charge in [-0.15, -0.1) is 0 Å². The maximum absolute atomic E-state index is 11.8. The first-order valence-electron chi connectivity index (χ1n) is 5.49. The molecule has 1 N–H and O–H groups in total. The number of nitrogens with one attached hydrogen (secondary N) is 1. The van der Waals surface area contributed by atoms with Gasteiger partial charge in [0, 0.05) is 18.1 Å². The summed E-state index contributed by atoms with van der Waals surface area (Å²) in [4.78, 5) is 13.6. The summed E-state index contributed by atoms with van der Waals surface area (Å²) in [5, 5.41) is 3.83. The summed E-state index contributed by atoms with van der Waals surface area (Å²) < 4.78 is 0. The molecule has 1 aliphatic heterocycles. The minimum atomic E-state index is 0.150. The van der Waals surface area contributed by atoms with E-state index >= 15 is 0 Å². The monoisotopic (exact) mass is 238 g/mol. The fourth-order valence-electron chi connectivity index (χ4n) is 1.83. The molecule has 16 heavy (non-hydrogen) atoms. The first kappa shape index (κ1) is 11.4. The van der Waals surface area contributed by atoms with Gasteiger partial charge in [-0.1, -0.05) is 29.8 Å². The average Bonchev–Trinajstić information content (AvgIpc) is 2.48. The lowest BCUT2D eigenvalue weighted by molar-refractivity contribution is -0.130. The van der Waals surface area contributed by atoms with Gasteiger partial charge in [-0.05, 0) is 24.6 Å². The van der Waals surface area contributed by atoms with Crippen molar-refractivity contribution < 1.29 is 4.79 Å². The van der Waals surface area contributed by atoms with Crippen LogP contribution in [-0.2, 0) is 11.3 Å². The largest absolute Gasteiger partial charge is 0.337 e. The van der Waals surface area contributed by atoms with E-state index < -0.39 is 0 Å². The van der Waals surface area contributed by atoms with E-state index in [0.717, 1.165) is 30.1 Å². The van der Waals surface area contributed by atoms with Crippen LogP contribution >= 0.6 is 11.6 Å². The van der Waals surface area contributed by atoms with Gasteiger partial charge >= 0.3 is 0 Å². The van der Waals surface area contributed by atoms with Gasteiger partial charge in [-0.2, -0.15) is 0 Å². The third kappa shape index (κ3) is 2.74. The zero-order valence-electron chi connectivity index (χ0n) is 9.08. The highest BCUT2D eigenvalue weighted by Gasteiger charge is 2.16. The molecule has 1 saturated heterocycles. The lowest BCUT2D eigenvalue weighted by atomic mass is 10.2. The summed E-state index contributed by atoms with van der Waals surface area (Å²) >= 11 is 6.08. The number of amides is 1. The average molecular weight is 239 g/mol. The van der Waals surface area contributed by atoms with Crippen LogP contribution in [0.4, 0.5) is 0 Å². The van der Waals surface area contributed by atoms with Crippen molar-refractivity contribution in [3.05, 3.63) is 34.9 Å². The SMILES string of the molecule is O=C1CNCCCN1Cc1ccccc1Cl. The molecule has 0 atom stereocenters. The molecule has 86 valence electrons. The third-order valence-corrected chi connectivity index (χ3v) is 3.10. The van der Waals surface area contributed by atoms with Crippen LogP contribution < -0.4 is 5.32 Å². The van der Waals surface area contributed by atoms with E-state index in [1.54, 1.807) is 0 Å². The summed E-state index contributed by atoms with van der Waals surface area (Å²) in [6, 6.07) is 7.67. The lowest BCUT2D eigenvalue weighted by Gasteiger charge is -2.20. The van der Waals surface area contributed by atoms with Crippen molar-refractivity contribution in [2.45, 2.75) is 13.0 Å². The quantitative estimate of drug-likeness (QED) is 0.850. The van der Waals surface area contributed by atoms with Gasteiger partial charge in [0.25, 0.3) is 0 Å². The molecule has 0 aliphatic carbocycles. The van der Waals surface area contributed by atoms with Gasteiger partial charge in [0.05, 0.1) is 6.54 Å². The van der Waals surface area contributed by atoms with E-state index in [0.29, 0.717) is 13.1 Å². The minimum Gasteiger partial charge on any atom is -0.337 e. The van der Waals surface area contributed by atoms with Crippen molar-refractivity contribution in [2.75, 3.05) is 19.6 Å². The predicted molar refractivity (Wildman–Crippen MR) is 64.4 cm³/mol. The number of benzene rings is 1. The summed E-state index contributed by atoms with van der Waals surface area (Å²) in [6.07, 6.45) is 0.996. The molecule has 1 aliphatic rings. The van der Waals surface area contributed by atoms with Crippen LogP contribution in [0, 0.1) is 0 Å². The van der Waals surface area contributed by atoms with Gasteiger partial charge in [0.1, 0.15) is 0 Å². The Hall–Kier alpha value is -1.06. The number of hydrogen-bond acceptors (Lipinski definition) is 2. The zero-order chi connectivity index (χ0) is 11.4. The van der Waals surface area contributed by atoms with Crippen LogP contribution in [0.25, 0.3) is 0 Å². The van der Waals surface area contributed by atoms with Gasteiger partial charge < -0.3 is 10.2 Å². The molecule has 1 aromatic carbocycles. The van der Waals surface area contributed by atoms with E-state index in [2.05, 4.69) is 5.32 Å². The first-order valence-corrected chi connectivity index (χ1v) is 5.87. The normalized spacial score (nSPS) is 17.3. The second kappa shape index (κ2) is 5.32. The highest BCUT2D eigenvalue weighted by molar-refractivity contribution is 6.31. The second-order valence-electron chi connectivity index (χ2n) is 3.94. The molecule has 3 nitrogen and oxygen atoms in total. The van der Waals surface area contributed by atoms with E-state index in [1.807, 2.05) is 29.2 Å². The highest BCUT2D eigenvalue weighted by atomic mass is 35.5. The van der Waals surface area contributed by atoms with Crippen LogP contribution in [0.5, 0.6) is 0 Å². The van der Waals surface area contributed by atoms with Gasteiger partial charge in [-0.25, -0.2) is 0 Å². The number of rotatable bonds is 2. The van der Waals surface area contributed by atoms with Crippen LogP contribution in [0.1, 0.15) is 12.0 Å². The first-order chi connectivity index (χ1) is 7.77. The maximum Gasteiger partial charge on any atom is 0.236 e. The molecule has 0 saturated carbocycles. The van der Waals surface area contributed by atoms with Crippen molar-refractivity contribution in [1.29, 1.82) is 0 Å². The van der Waals surface area contributed by atoms with Gasteiger partial charge in [-0.3, -0.25) is 4.79 Å². The molecule has 1 heterocycles. The molecule has 0 aromatic heterocycles. The summed E-state index contributed by atoms with van der Waals surface area (Å²) in [5.74, 6) is 0.150. The summed E-state index contributed by atoms with van der Waals surface area (Å²) in [6.45, 7) is 2.76. The Labute approximate surface area is 100 Å². The van der Waals surface area contributed by atoms with E-state index in [1.165, 1.54) is 0 Å². The number of carbonyl (C=O) groups excluding carboxylic acids is 1. The fourth-order valence-corrected chi connectivity index (χ4v) is 2.02. The minimum absolute atomic E-state index is 0.150. The standard InChI is InChI=1S/C12H15ClN2O/c13-11-5-2-1-4-10(11)9-15-7-3-6-14-8-12(15)16/h1-2,4-5,14H,3,6-9H2. The lowest BCUT2D eigenvalue weighted by Crippen LogP contribution is -2.34. The Balaban J connectivity index is 2.08. The van der Waals surface area contributed by atoms with Gasteiger partial charge in [0.2, 0.25) is 5.91 Å². The van der Waals surface area contributed by atoms with Crippen LogP contribution in [-0.4, -0.2) is 30.4 Å². The molecule has 1 aromatic rings. The molecule has 0 spiro atoms. The van der Waals surface area contributed by atoms with E-state index in [9.17, 15) is 4.79 Å². The number of nitrogens with zero attached hydrogens (tertiary/aromatic N) is 1. The van der Waals surface area contributed by atoms with Crippen molar-refractivity contribution in [3.63, 3.8) is 0 Å². The topological polar surface area (TPSA) is 32.3 Å². The number of carbonyl (C=O) groups is 1. The fraction of sp³-hybridized carbons (Fsp3) is 0.417. The van der Waals surface area contributed by atoms with Crippen molar-refractivity contribution in [1.82, 2.24) is 10.2 Å². The van der Waals surface area contributed by atoms with Crippen LogP contribution in [0.3, 0.4) is 0 Å². The maximum atomic E-state index is 11.8. The number of hydrogen-bond donors (Lipinski definition) is 1. The van der Waals surface area contributed by atoms with Crippen LogP contribution in [0.15, 0.2) is 24.3 Å². The molecule has 1 amide bonds. The molecule has 0 bridgehead atoms. The Morgan fingerprint density at radius 1 is 1.38 bits per heavy atom. The molecular formula is C12H15ClN2O. The molecule has 0 unspecified atom stereocenters. The number of halogens is 1. The molecule has 0 radical (unpaired) electrons. The van der Waals surface area contributed by atoms with Gasteiger partial charge in [0.15, 0.2) is 0 Å². The Bertz CT molecular complexity index is 381. The molecular weight excluding hydrogens is 224 g/mol.